The zero-order valence-corrected chi connectivity index (χ0v) is 15.7. The molecule has 0 radical (unpaired) electrons. The summed E-state index contributed by atoms with van der Waals surface area (Å²) >= 11 is 0. The van der Waals surface area contributed by atoms with Crippen LogP contribution in [0.25, 0.3) is 0 Å². The Morgan fingerprint density at radius 1 is 0.724 bits per heavy atom. The zero-order valence-electron chi connectivity index (χ0n) is 15.7. The maximum Gasteiger partial charge on any atom is 0.262 e. The van der Waals surface area contributed by atoms with Crippen molar-refractivity contribution in [3.05, 3.63) is 102 Å². The highest BCUT2D eigenvalue weighted by molar-refractivity contribution is 6.07. The van der Waals surface area contributed by atoms with Crippen molar-refractivity contribution in [3.63, 3.8) is 0 Å². The maximum atomic E-state index is 13.4. The van der Waals surface area contributed by atoms with Crippen LogP contribution in [0.1, 0.15) is 17.2 Å². The van der Waals surface area contributed by atoms with Gasteiger partial charge in [-0.3, -0.25) is 19.3 Å². The Morgan fingerprint density at radius 2 is 1.31 bits per heavy atom. The predicted octanol–water partition coefficient (Wildman–Crippen LogP) is 3.73. The molecule has 0 N–H and O–H groups in total. The van der Waals surface area contributed by atoms with Gasteiger partial charge in [0.25, 0.3) is 5.91 Å². The molecule has 0 spiro atoms. The molecule has 0 saturated carbocycles. The van der Waals surface area contributed by atoms with Gasteiger partial charge in [-0.05, 0) is 23.3 Å². The molecule has 3 aromatic carbocycles. The normalized spacial score (nSPS) is 23.5. The van der Waals surface area contributed by atoms with E-state index in [0.29, 0.717) is 0 Å². The highest BCUT2D eigenvalue weighted by atomic mass is 16.7. The lowest BCUT2D eigenvalue weighted by Gasteiger charge is -2.28. The Bertz CT molecular complexity index is 1020. The lowest BCUT2D eigenvalue weighted by Crippen LogP contribution is -2.36. The number of likely N-dealkylation sites (tertiary alicyclic amines) is 1. The topological polar surface area (TPSA) is 49.9 Å². The molecule has 5 nitrogen and oxygen atoms in total. The highest BCUT2D eigenvalue weighted by Gasteiger charge is 2.59. The Morgan fingerprint density at radius 3 is 1.97 bits per heavy atom. The fourth-order valence-corrected chi connectivity index (χ4v) is 4.18. The molecule has 2 aliphatic rings. The number of carbonyl (C=O) groups excluding carboxylic acids is 2. The van der Waals surface area contributed by atoms with Gasteiger partial charge in [-0.2, -0.15) is 0 Å². The molecule has 5 rings (SSSR count). The molecule has 2 saturated heterocycles. The molecule has 2 aliphatic heterocycles. The molecule has 2 fully saturated rings. The molecule has 3 aromatic rings. The second-order valence-electron chi connectivity index (χ2n) is 7.32. The van der Waals surface area contributed by atoms with Gasteiger partial charge in [-0.25, -0.2) is 5.06 Å². The van der Waals surface area contributed by atoms with Crippen molar-refractivity contribution in [2.24, 2.45) is 5.92 Å². The van der Waals surface area contributed by atoms with E-state index in [1.165, 1.54) is 4.90 Å². The van der Waals surface area contributed by atoms with E-state index in [9.17, 15) is 9.59 Å². The van der Waals surface area contributed by atoms with E-state index in [2.05, 4.69) is 0 Å². The summed E-state index contributed by atoms with van der Waals surface area (Å²) in [6.07, 6.45) is -0.809. The van der Waals surface area contributed by atoms with E-state index in [4.69, 9.17) is 4.84 Å². The number of imide groups is 1. The van der Waals surface area contributed by atoms with Crippen LogP contribution in [0.15, 0.2) is 91.0 Å². The number of benzene rings is 3. The summed E-state index contributed by atoms with van der Waals surface area (Å²) in [5.41, 5.74) is 2.70. The van der Waals surface area contributed by atoms with Crippen molar-refractivity contribution in [1.29, 1.82) is 0 Å². The third kappa shape index (κ3) is 3.00. The SMILES string of the molecule is O=C1[C@H]2[C@H](ON(c3ccccc3)[C@@H]2c2ccccc2)C(=O)N1Cc1ccccc1. The van der Waals surface area contributed by atoms with Crippen LogP contribution in [0.3, 0.4) is 0 Å². The summed E-state index contributed by atoms with van der Waals surface area (Å²) in [6.45, 7) is 0.266. The lowest BCUT2D eigenvalue weighted by atomic mass is 9.90. The molecule has 144 valence electrons. The van der Waals surface area contributed by atoms with Gasteiger partial charge >= 0.3 is 0 Å². The van der Waals surface area contributed by atoms with Crippen molar-refractivity contribution in [1.82, 2.24) is 4.90 Å². The molecule has 5 heteroatoms. The van der Waals surface area contributed by atoms with Gasteiger partial charge in [0.05, 0.1) is 18.3 Å². The van der Waals surface area contributed by atoms with Crippen LogP contribution in [0.2, 0.25) is 0 Å². The standard InChI is InChI=1S/C24H20N2O3/c27-23-20-21(18-12-6-2-7-13-18)26(19-14-8-3-9-15-19)29-22(20)24(28)25(23)16-17-10-4-1-5-11-17/h1-15,20-22H,16H2/t20-,21-,22+/m1/s1. The van der Waals surface area contributed by atoms with Gasteiger partial charge in [-0.15, -0.1) is 0 Å². The van der Waals surface area contributed by atoms with Crippen molar-refractivity contribution >= 4 is 17.5 Å². The molecule has 29 heavy (non-hydrogen) atoms. The molecule has 0 bridgehead atoms. The van der Waals surface area contributed by atoms with E-state index < -0.39 is 12.0 Å². The number of para-hydroxylation sites is 1. The van der Waals surface area contributed by atoms with Crippen LogP contribution >= 0.6 is 0 Å². The van der Waals surface area contributed by atoms with Crippen LogP contribution < -0.4 is 5.06 Å². The quantitative estimate of drug-likeness (QED) is 0.643. The first-order chi connectivity index (χ1) is 14.2. The molecular weight excluding hydrogens is 364 g/mol. The third-order valence-electron chi connectivity index (χ3n) is 5.54. The first-order valence-electron chi connectivity index (χ1n) is 9.69. The number of carbonyl (C=O) groups is 2. The number of amides is 2. The molecule has 0 aromatic heterocycles. The van der Waals surface area contributed by atoms with Crippen LogP contribution in [0.5, 0.6) is 0 Å². The summed E-state index contributed by atoms with van der Waals surface area (Å²) in [7, 11) is 0. The van der Waals surface area contributed by atoms with Gasteiger partial charge in [0.1, 0.15) is 5.92 Å². The molecule has 3 atom stereocenters. The van der Waals surface area contributed by atoms with E-state index in [0.717, 1.165) is 16.8 Å². The van der Waals surface area contributed by atoms with Crippen LogP contribution in [-0.2, 0) is 21.0 Å². The average molecular weight is 384 g/mol. The lowest BCUT2D eigenvalue weighted by molar-refractivity contribution is -0.143. The zero-order chi connectivity index (χ0) is 19.8. The molecule has 2 heterocycles. The molecule has 0 unspecified atom stereocenters. The minimum Gasteiger partial charge on any atom is -0.275 e. The van der Waals surface area contributed by atoms with Gasteiger partial charge in [0.2, 0.25) is 5.91 Å². The molecule has 2 amide bonds. The van der Waals surface area contributed by atoms with Gasteiger partial charge < -0.3 is 0 Å². The molecular formula is C24H20N2O3. The summed E-state index contributed by atoms with van der Waals surface area (Å²) in [5.74, 6) is -1.03. The van der Waals surface area contributed by atoms with E-state index in [1.54, 1.807) is 5.06 Å². The third-order valence-corrected chi connectivity index (χ3v) is 5.54. The number of hydrogen-bond acceptors (Lipinski definition) is 4. The summed E-state index contributed by atoms with van der Waals surface area (Å²) in [4.78, 5) is 33.9. The number of nitrogens with zero attached hydrogens (tertiary/aromatic N) is 2. The number of fused-ring (bicyclic) bond motifs is 1. The first kappa shape index (κ1) is 17.6. The summed E-state index contributed by atoms with van der Waals surface area (Å²) in [5, 5.41) is 1.72. The van der Waals surface area contributed by atoms with Crippen LogP contribution in [0, 0.1) is 5.92 Å². The van der Waals surface area contributed by atoms with Gasteiger partial charge in [0.15, 0.2) is 6.10 Å². The Labute approximate surface area is 169 Å². The predicted molar refractivity (Wildman–Crippen MR) is 108 cm³/mol. The second kappa shape index (κ2) is 7.18. The largest absolute Gasteiger partial charge is 0.275 e. The van der Waals surface area contributed by atoms with Crippen molar-refractivity contribution in [2.45, 2.75) is 18.7 Å². The van der Waals surface area contributed by atoms with Gasteiger partial charge in [0, 0.05) is 0 Å². The summed E-state index contributed by atoms with van der Waals surface area (Å²) in [6, 6.07) is 28.6. The average Bonchev–Trinajstić information content (AvgIpc) is 3.28. The maximum absolute atomic E-state index is 13.4. The van der Waals surface area contributed by atoms with Crippen LogP contribution in [-0.4, -0.2) is 22.8 Å². The Hall–Kier alpha value is -3.44. The van der Waals surface area contributed by atoms with E-state index >= 15 is 0 Å². The Balaban J connectivity index is 1.52. The second-order valence-corrected chi connectivity index (χ2v) is 7.32. The van der Waals surface area contributed by atoms with E-state index in [-0.39, 0.29) is 24.4 Å². The number of hydroxylamine groups is 1. The minimum atomic E-state index is -0.809. The fraction of sp³-hybridized carbons (Fsp3) is 0.167. The van der Waals surface area contributed by atoms with Crippen molar-refractivity contribution in [3.8, 4) is 0 Å². The number of hydrogen-bond donors (Lipinski definition) is 0. The van der Waals surface area contributed by atoms with Crippen molar-refractivity contribution in [2.75, 3.05) is 5.06 Å². The first-order valence-corrected chi connectivity index (χ1v) is 9.69. The van der Waals surface area contributed by atoms with Crippen LogP contribution in [0.4, 0.5) is 5.69 Å². The smallest absolute Gasteiger partial charge is 0.262 e. The summed E-state index contributed by atoms with van der Waals surface area (Å²) < 4.78 is 0. The Kier molecular flexibility index (Phi) is 4.37. The fourth-order valence-electron chi connectivity index (χ4n) is 4.18. The van der Waals surface area contributed by atoms with E-state index in [1.807, 2.05) is 91.0 Å². The monoisotopic (exact) mass is 384 g/mol. The molecule has 0 aliphatic carbocycles. The minimum absolute atomic E-state index is 0.184. The van der Waals surface area contributed by atoms with Gasteiger partial charge in [-0.1, -0.05) is 78.9 Å². The highest BCUT2D eigenvalue weighted by Crippen LogP contribution is 2.46. The number of rotatable bonds is 4. The van der Waals surface area contributed by atoms with Crippen molar-refractivity contribution < 1.29 is 14.4 Å². The number of anilines is 1.